The molecule has 26 heavy (non-hydrogen) atoms. The lowest BCUT2D eigenvalue weighted by Gasteiger charge is -2.09. The van der Waals surface area contributed by atoms with E-state index in [1.54, 1.807) is 42.5 Å². The minimum atomic E-state index is -3.75. The van der Waals surface area contributed by atoms with E-state index >= 15 is 0 Å². The largest absolute Gasteiger partial charge is 0.322 e. The summed E-state index contributed by atoms with van der Waals surface area (Å²) in [6.07, 6.45) is 1.50. The molecule has 1 amide bonds. The Morgan fingerprint density at radius 2 is 1.62 bits per heavy atom. The molecule has 0 radical (unpaired) electrons. The molecule has 0 aliphatic rings. The number of carbonyl (C=O) groups is 1. The van der Waals surface area contributed by atoms with E-state index in [9.17, 15) is 13.2 Å². The van der Waals surface area contributed by atoms with Gasteiger partial charge in [-0.25, -0.2) is 13.4 Å². The Morgan fingerprint density at radius 3 is 2.23 bits per heavy atom. The summed E-state index contributed by atoms with van der Waals surface area (Å²) in [5, 5.41) is 2.71. The zero-order valence-corrected chi connectivity index (χ0v) is 15.2. The normalized spacial score (nSPS) is 11.0. The molecule has 0 unspecified atom stereocenters. The van der Waals surface area contributed by atoms with E-state index in [0.717, 1.165) is 4.90 Å². The number of aromatic nitrogens is 1. The first-order valence-electron chi connectivity index (χ1n) is 7.58. The second-order valence-corrected chi connectivity index (χ2v) is 7.54. The van der Waals surface area contributed by atoms with Crippen LogP contribution >= 0.6 is 12.6 Å². The highest BCUT2D eigenvalue weighted by Crippen LogP contribution is 2.18. The van der Waals surface area contributed by atoms with Crippen LogP contribution in [0.15, 0.2) is 82.7 Å². The summed E-state index contributed by atoms with van der Waals surface area (Å²) in [6, 6.07) is 17.6. The Bertz CT molecular complexity index is 1000. The summed E-state index contributed by atoms with van der Waals surface area (Å²) >= 11 is 4.17. The van der Waals surface area contributed by atoms with Gasteiger partial charge in [0.15, 0.2) is 0 Å². The molecule has 1 heterocycles. The predicted octanol–water partition coefficient (Wildman–Crippen LogP) is 3.42. The van der Waals surface area contributed by atoms with E-state index in [4.69, 9.17) is 0 Å². The molecule has 0 atom stereocenters. The molecular formula is C18H15N3O3S2. The van der Waals surface area contributed by atoms with E-state index in [0.29, 0.717) is 11.3 Å². The third kappa shape index (κ3) is 4.41. The first-order chi connectivity index (χ1) is 12.4. The van der Waals surface area contributed by atoms with Gasteiger partial charge in [0.25, 0.3) is 15.9 Å². The number of benzene rings is 2. The van der Waals surface area contributed by atoms with Gasteiger partial charge in [0.1, 0.15) is 5.82 Å². The number of pyridine rings is 1. The van der Waals surface area contributed by atoms with Crippen molar-refractivity contribution in [2.45, 2.75) is 9.79 Å². The number of anilines is 2. The number of nitrogens with one attached hydrogen (secondary N) is 2. The quantitative estimate of drug-likeness (QED) is 0.587. The molecule has 1 aromatic heterocycles. The van der Waals surface area contributed by atoms with E-state index in [-0.39, 0.29) is 16.6 Å². The average Bonchev–Trinajstić information content (AvgIpc) is 2.63. The van der Waals surface area contributed by atoms with Crippen molar-refractivity contribution >= 4 is 40.1 Å². The number of amides is 1. The van der Waals surface area contributed by atoms with Crippen molar-refractivity contribution in [1.82, 2.24) is 4.98 Å². The lowest BCUT2D eigenvalue weighted by Crippen LogP contribution is -2.14. The van der Waals surface area contributed by atoms with Gasteiger partial charge < -0.3 is 5.32 Å². The minimum Gasteiger partial charge on any atom is -0.322 e. The van der Waals surface area contributed by atoms with E-state index in [2.05, 4.69) is 27.7 Å². The van der Waals surface area contributed by atoms with Crippen LogP contribution in [0.3, 0.4) is 0 Å². The molecule has 0 saturated carbocycles. The number of thiol groups is 1. The van der Waals surface area contributed by atoms with Crippen molar-refractivity contribution in [3.05, 3.63) is 78.5 Å². The van der Waals surface area contributed by atoms with Gasteiger partial charge in [0.05, 0.1) is 4.90 Å². The lowest BCUT2D eigenvalue weighted by molar-refractivity contribution is 0.102. The molecule has 6 nitrogen and oxygen atoms in total. The van der Waals surface area contributed by atoms with Crippen molar-refractivity contribution < 1.29 is 13.2 Å². The van der Waals surface area contributed by atoms with Gasteiger partial charge in [-0.15, -0.1) is 12.6 Å². The SMILES string of the molecule is O=C(Nc1ccc(S(=O)(=O)Nc2ccccn2)cc1)c1ccc(S)cc1. The summed E-state index contributed by atoms with van der Waals surface area (Å²) < 4.78 is 27.1. The Hall–Kier alpha value is -2.84. The molecule has 0 bridgehead atoms. The Balaban J connectivity index is 1.71. The zero-order valence-electron chi connectivity index (χ0n) is 13.5. The summed E-state index contributed by atoms with van der Waals surface area (Å²) in [5.41, 5.74) is 0.970. The zero-order chi connectivity index (χ0) is 18.6. The molecule has 3 rings (SSSR count). The van der Waals surface area contributed by atoms with Gasteiger partial charge in [-0.3, -0.25) is 9.52 Å². The molecule has 0 spiro atoms. The maximum absolute atomic E-state index is 12.3. The van der Waals surface area contributed by atoms with Crippen LogP contribution in [0.5, 0.6) is 0 Å². The predicted molar refractivity (Wildman–Crippen MR) is 103 cm³/mol. The maximum atomic E-state index is 12.3. The fourth-order valence-corrected chi connectivity index (χ4v) is 3.31. The molecule has 2 aromatic carbocycles. The summed E-state index contributed by atoms with van der Waals surface area (Å²) in [6.45, 7) is 0. The van der Waals surface area contributed by atoms with E-state index in [1.165, 1.54) is 30.5 Å². The van der Waals surface area contributed by atoms with Gasteiger partial charge in [-0.2, -0.15) is 0 Å². The van der Waals surface area contributed by atoms with Crippen LogP contribution < -0.4 is 10.0 Å². The highest BCUT2D eigenvalue weighted by molar-refractivity contribution is 7.92. The highest BCUT2D eigenvalue weighted by Gasteiger charge is 2.15. The first kappa shape index (κ1) is 18.0. The molecule has 132 valence electrons. The minimum absolute atomic E-state index is 0.0700. The van der Waals surface area contributed by atoms with Crippen molar-refractivity contribution in [2.24, 2.45) is 0 Å². The van der Waals surface area contributed by atoms with Crippen LogP contribution in [0, 0.1) is 0 Å². The van der Waals surface area contributed by atoms with Crippen LogP contribution in [-0.4, -0.2) is 19.3 Å². The van der Waals surface area contributed by atoms with Gasteiger partial charge in [-0.05, 0) is 60.7 Å². The van der Waals surface area contributed by atoms with Gasteiger partial charge >= 0.3 is 0 Å². The molecular weight excluding hydrogens is 370 g/mol. The molecule has 3 aromatic rings. The standard InChI is InChI=1S/C18H15N3O3S2/c22-18(13-4-8-15(25)9-5-13)20-14-6-10-16(11-7-14)26(23,24)21-17-3-1-2-12-19-17/h1-12,25H,(H,19,21)(H,20,22). The van der Waals surface area contributed by atoms with Crippen LogP contribution in [-0.2, 0) is 10.0 Å². The number of hydrogen-bond donors (Lipinski definition) is 3. The Kier molecular flexibility index (Phi) is 5.24. The number of nitrogens with zero attached hydrogens (tertiary/aromatic N) is 1. The maximum Gasteiger partial charge on any atom is 0.263 e. The third-order valence-electron chi connectivity index (χ3n) is 3.46. The van der Waals surface area contributed by atoms with Crippen molar-refractivity contribution in [1.29, 1.82) is 0 Å². The smallest absolute Gasteiger partial charge is 0.263 e. The van der Waals surface area contributed by atoms with Crippen molar-refractivity contribution in [3.63, 3.8) is 0 Å². The van der Waals surface area contributed by atoms with Crippen LogP contribution in [0.4, 0.5) is 11.5 Å². The number of hydrogen-bond acceptors (Lipinski definition) is 5. The highest BCUT2D eigenvalue weighted by atomic mass is 32.2. The Morgan fingerprint density at radius 1 is 0.923 bits per heavy atom. The monoisotopic (exact) mass is 385 g/mol. The van der Waals surface area contributed by atoms with Crippen molar-refractivity contribution in [2.75, 3.05) is 10.0 Å². The Labute approximate surface area is 156 Å². The van der Waals surface area contributed by atoms with Gasteiger partial charge in [-0.1, -0.05) is 6.07 Å². The summed E-state index contributed by atoms with van der Waals surface area (Å²) in [5.74, 6) is -0.0573. The molecule has 0 saturated heterocycles. The topological polar surface area (TPSA) is 88.2 Å². The first-order valence-corrected chi connectivity index (χ1v) is 9.51. The van der Waals surface area contributed by atoms with Crippen molar-refractivity contribution in [3.8, 4) is 0 Å². The fourth-order valence-electron chi connectivity index (χ4n) is 2.15. The van der Waals surface area contributed by atoms with Gasteiger partial charge in [0, 0.05) is 22.3 Å². The average molecular weight is 385 g/mol. The van der Waals surface area contributed by atoms with Crippen LogP contribution in [0.1, 0.15) is 10.4 Å². The van der Waals surface area contributed by atoms with Crippen LogP contribution in [0.2, 0.25) is 0 Å². The second-order valence-electron chi connectivity index (χ2n) is 5.35. The molecule has 8 heteroatoms. The van der Waals surface area contributed by atoms with Gasteiger partial charge in [0.2, 0.25) is 0 Å². The number of sulfonamides is 1. The molecule has 0 aliphatic carbocycles. The third-order valence-corrected chi connectivity index (χ3v) is 5.12. The summed E-state index contributed by atoms with van der Waals surface area (Å²) in [7, 11) is -3.75. The summed E-state index contributed by atoms with van der Waals surface area (Å²) in [4.78, 5) is 16.9. The molecule has 0 aliphatic heterocycles. The molecule has 0 fully saturated rings. The number of carbonyl (C=O) groups excluding carboxylic acids is 1. The van der Waals surface area contributed by atoms with E-state index < -0.39 is 10.0 Å². The molecule has 2 N–H and O–H groups in total. The second kappa shape index (κ2) is 7.59. The van der Waals surface area contributed by atoms with E-state index in [1.807, 2.05) is 0 Å². The van der Waals surface area contributed by atoms with Crippen LogP contribution in [0.25, 0.3) is 0 Å². The number of rotatable bonds is 5. The lowest BCUT2D eigenvalue weighted by atomic mass is 10.2. The fraction of sp³-hybridized carbons (Fsp3) is 0.